The summed E-state index contributed by atoms with van der Waals surface area (Å²) in [5, 5.41) is 0. The molecule has 0 aliphatic rings. The van der Waals surface area contributed by atoms with Gasteiger partial charge >= 0.3 is 0 Å². The smallest absolute Gasteiger partial charge is 0.272 e. The van der Waals surface area contributed by atoms with Crippen LogP contribution in [0, 0.1) is 0 Å². The molecule has 1 N–H and O–H groups in total. The van der Waals surface area contributed by atoms with Gasteiger partial charge in [0.15, 0.2) is 0 Å². The van der Waals surface area contributed by atoms with E-state index in [1.54, 1.807) is 6.20 Å². The van der Waals surface area contributed by atoms with Crippen molar-refractivity contribution in [3.05, 3.63) is 82.5 Å². The van der Waals surface area contributed by atoms with E-state index in [-0.39, 0.29) is 5.56 Å². The second kappa shape index (κ2) is 4.61. The fourth-order valence-corrected chi connectivity index (χ4v) is 2.28. The third-order valence-electron chi connectivity index (χ3n) is 3.23. The van der Waals surface area contributed by atoms with Gasteiger partial charge in [-0.2, -0.15) is 0 Å². The van der Waals surface area contributed by atoms with Crippen molar-refractivity contribution < 1.29 is 0 Å². The van der Waals surface area contributed by atoms with Crippen LogP contribution in [-0.4, -0.2) is 9.38 Å². The van der Waals surface area contributed by atoms with Crippen LogP contribution in [0.1, 0.15) is 16.8 Å². The number of H-pyrrole nitrogens is 1. The lowest BCUT2D eigenvalue weighted by Crippen LogP contribution is -2.11. The highest BCUT2D eigenvalue weighted by Gasteiger charge is 2.04. The lowest BCUT2D eigenvalue weighted by Gasteiger charge is -2.06. The average molecular weight is 250 g/mol. The predicted molar refractivity (Wildman–Crippen MR) is 77.4 cm³/mol. The SMILES string of the molecule is C=Cc1cccc(Cc2c[nH]c(=O)c3cccn23)c1. The molecular formula is C16H14N2O. The summed E-state index contributed by atoms with van der Waals surface area (Å²) in [6, 6.07) is 11.9. The Balaban J connectivity index is 2.05. The zero-order valence-electron chi connectivity index (χ0n) is 10.5. The molecule has 0 saturated heterocycles. The normalized spacial score (nSPS) is 10.7. The van der Waals surface area contributed by atoms with Crippen LogP contribution in [0.5, 0.6) is 0 Å². The van der Waals surface area contributed by atoms with Crippen LogP contribution < -0.4 is 5.56 Å². The third kappa shape index (κ3) is 2.10. The molecule has 0 aliphatic heterocycles. The molecular weight excluding hydrogens is 236 g/mol. The molecule has 3 heteroatoms. The summed E-state index contributed by atoms with van der Waals surface area (Å²) in [5.74, 6) is 0. The monoisotopic (exact) mass is 250 g/mol. The van der Waals surface area contributed by atoms with E-state index in [9.17, 15) is 4.79 Å². The lowest BCUT2D eigenvalue weighted by atomic mass is 10.1. The summed E-state index contributed by atoms with van der Waals surface area (Å²) in [5.41, 5.74) is 3.97. The average Bonchev–Trinajstić information content (AvgIpc) is 2.93. The molecule has 2 heterocycles. The first kappa shape index (κ1) is 11.5. The van der Waals surface area contributed by atoms with Gasteiger partial charge in [0, 0.05) is 24.5 Å². The molecule has 3 rings (SSSR count). The number of nitrogens with zero attached hydrogens (tertiary/aromatic N) is 1. The number of aromatic amines is 1. The van der Waals surface area contributed by atoms with Crippen LogP contribution in [0.3, 0.4) is 0 Å². The van der Waals surface area contributed by atoms with Crippen LogP contribution in [0.4, 0.5) is 0 Å². The summed E-state index contributed by atoms with van der Waals surface area (Å²) in [6.45, 7) is 3.78. The van der Waals surface area contributed by atoms with Gasteiger partial charge in [0.2, 0.25) is 0 Å². The minimum absolute atomic E-state index is 0.0615. The first-order chi connectivity index (χ1) is 9.28. The molecule has 2 aromatic heterocycles. The standard InChI is InChI=1S/C16H14N2O/c1-2-12-5-3-6-13(9-12)10-14-11-17-16(19)15-7-4-8-18(14)15/h2-9,11H,1,10H2,(H,17,19). The highest BCUT2D eigenvalue weighted by molar-refractivity contribution is 5.49. The summed E-state index contributed by atoms with van der Waals surface area (Å²) in [7, 11) is 0. The minimum Gasteiger partial charge on any atom is -0.326 e. The van der Waals surface area contributed by atoms with E-state index in [0.717, 1.165) is 17.7 Å². The molecule has 0 spiro atoms. The van der Waals surface area contributed by atoms with Gasteiger partial charge in [-0.25, -0.2) is 0 Å². The number of hydrogen-bond acceptors (Lipinski definition) is 1. The Kier molecular flexibility index (Phi) is 2.80. The van der Waals surface area contributed by atoms with Gasteiger partial charge in [-0.15, -0.1) is 0 Å². The molecule has 1 aromatic carbocycles. The highest BCUT2D eigenvalue weighted by Crippen LogP contribution is 2.12. The Morgan fingerprint density at radius 3 is 3.00 bits per heavy atom. The maximum atomic E-state index is 11.7. The molecule has 94 valence electrons. The van der Waals surface area contributed by atoms with Crippen molar-refractivity contribution in [3.63, 3.8) is 0 Å². The summed E-state index contributed by atoms with van der Waals surface area (Å²) in [4.78, 5) is 14.4. The lowest BCUT2D eigenvalue weighted by molar-refractivity contribution is 0.969. The summed E-state index contributed by atoms with van der Waals surface area (Å²) in [6.07, 6.45) is 6.29. The summed E-state index contributed by atoms with van der Waals surface area (Å²) >= 11 is 0. The molecule has 0 atom stereocenters. The number of benzene rings is 1. The molecule has 0 bridgehead atoms. The Morgan fingerprint density at radius 2 is 2.16 bits per heavy atom. The van der Waals surface area contributed by atoms with Gasteiger partial charge in [-0.1, -0.05) is 36.9 Å². The van der Waals surface area contributed by atoms with Crippen LogP contribution in [0.25, 0.3) is 11.6 Å². The molecule has 3 aromatic rings. The quantitative estimate of drug-likeness (QED) is 0.762. The fraction of sp³-hybridized carbons (Fsp3) is 0.0625. The van der Waals surface area contributed by atoms with Crippen LogP contribution in [0.2, 0.25) is 0 Å². The molecule has 19 heavy (non-hydrogen) atoms. The van der Waals surface area contributed by atoms with Gasteiger partial charge < -0.3 is 9.38 Å². The second-order valence-corrected chi connectivity index (χ2v) is 4.50. The molecule has 0 saturated carbocycles. The van der Waals surface area contributed by atoms with E-state index in [1.807, 2.05) is 40.9 Å². The first-order valence-corrected chi connectivity index (χ1v) is 6.17. The second-order valence-electron chi connectivity index (χ2n) is 4.50. The number of hydrogen-bond donors (Lipinski definition) is 1. The number of nitrogens with one attached hydrogen (secondary N) is 1. The van der Waals surface area contributed by atoms with Gasteiger partial charge in [0.05, 0.1) is 0 Å². The van der Waals surface area contributed by atoms with E-state index < -0.39 is 0 Å². The fourth-order valence-electron chi connectivity index (χ4n) is 2.28. The Hall–Kier alpha value is -2.55. The van der Waals surface area contributed by atoms with Crippen molar-refractivity contribution in [2.45, 2.75) is 6.42 Å². The Morgan fingerprint density at radius 1 is 1.26 bits per heavy atom. The van der Waals surface area contributed by atoms with Crippen molar-refractivity contribution in [1.82, 2.24) is 9.38 Å². The molecule has 0 radical (unpaired) electrons. The predicted octanol–water partition coefficient (Wildman–Crippen LogP) is 2.86. The molecule has 0 unspecified atom stereocenters. The van der Waals surface area contributed by atoms with Crippen molar-refractivity contribution in [1.29, 1.82) is 0 Å². The van der Waals surface area contributed by atoms with E-state index >= 15 is 0 Å². The highest BCUT2D eigenvalue weighted by atomic mass is 16.1. The van der Waals surface area contributed by atoms with E-state index in [2.05, 4.69) is 23.7 Å². The van der Waals surface area contributed by atoms with Gasteiger partial charge in [-0.05, 0) is 23.3 Å². The number of rotatable bonds is 3. The van der Waals surface area contributed by atoms with Crippen LogP contribution >= 0.6 is 0 Å². The minimum atomic E-state index is -0.0615. The zero-order valence-corrected chi connectivity index (χ0v) is 10.5. The van der Waals surface area contributed by atoms with Gasteiger partial charge in [0.1, 0.15) is 5.52 Å². The van der Waals surface area contributed by atoms with E-state index in [4.69, 9.17) is 0 Å². The molecule has 0 fully saturated rings. The van der Waals surface area contributed by atoms with E-state index in [1.165, 1.54) is 5.56 Å². The number of aromatic nitrogens is 2. The van der Waals surface area contributed by atoms with Crippen molar-refractivity contribution in [2.24, 2.45) is 0 Å². The van der Waals surface area contributed by atoms with Crippen LogP contribution in [0.15, 0.2) is 60.2 Å². The molecule has 3 nitrogen and oxygen atoms in total. The Labute approximate surface area is 110 Å². The topological polar surface area (TPSA) is 37.3 Å². The van der Waals surface area contributed by atoms with Crippen molar-refractivity contribution in [2.75, 3.05) is 0 Å². The van der Waals surface area contributed by atoms with Crippen molar-refractivity contribution in [3.8, 4) is 0 Å². The number of fused-ring (bicyclic) bond motifs is 1. The summed E-state index contributed by atoms with van der Waals surface area (Å²) < 4.78 is 1.93. The largest absolute Gasteiger partial charge is 0.326 e. The maximum absolute atomic E-state index is 11.7. The third-order valence-corrected chi connectivity index (χ3v) is 3.23. The maximum Gasteiger partial charge on any atom is 0.272 e. The first-order valence-electron chi connectivity index (χ1n) is 6.17. The van der Waals surface area contributed by atoms with Gasteiger partial charge in [0.25, 0.3) is 5.56 Å². The molecule has 0 amide bonds. The Bertz CT molecular complexity index is 796. The van der Waals surface area contributed by atoms with Crippen LogP contribution in [-0.2, 0) is 6.42 Å². The molecule has 0 aliphatic carbocycles. The zero-order chi connectivity index (χ0) is 13.2. The van der Waals surface area contributed by atoms with Gasteiger partial charge in [-0.3, -0.25) is 4.79 Å². The van der Waals surface area contributed by atoms with Crippen molar-refractivity contribution >= 4 is 11.6 Å². The van der Waals surface area contributed by atoms with E-state index in [0.29, 0.717) is 5.52 Å².